The molecule has 2 aliphatic heterocycles. The molecule has 9 heteroatoms. The summed E-state index contributed by atoms with van der Waals surface area (Å²) in [6.45, 7) is 0.177. The third-order valence-corrected chi connectivity index (χ3v) is 8.36. The maximum absolute atomic E-state index is 14.3. The van der Waals surface area contributed by atoms with Crippen LogP contribution in [0.3, 0.4) is 0 Å². The van der Waals surface area contributed by atoms with Gasteiger partial charge in [0, 0.05) is 36.6 Å². The van der Waals surface area contributed by atoms with Crippen molar-refractivity contribution in [2.75, 3.05) is 26.8 Å². The van der Waals surface area contributed by atoms with Gasteiger partial charge in [-0.3, -0.25) is 9.59 Å². The minimum atomic E-state index is -0.666. The van der Waals surface area contributed by atoms with Crippen molar-refractivity contribution in [1.29, 1.82) is 0 Å². The third kappa shape index (κ3) is 5.72. The number of fused-ring (bicyclic) bond motifs is 4. The molecule has 43 heavy (non-hydrogen) atoms. The average molecular weight is 583 g/mol. The number of carbonyl (C=O) groups is 3. The van der Waals surface area contributed by atoms with Crippen molar-refractivity contribution in [2.24, 2.45) is 5.92 Å². The summed E-state index contributed by atoms with van der Waals surface area (Å²) >= 11 is 0. The summed E-state index contributed by atoms with van der Waals surface area (Å²) < 4.78 is 17.4. The van der Waals surface area contributed by atoms with E-state index in [1.165, 1.54) is 0 Å². The molecule has 2 aliphatic carbocycles. The SMILES string of the molecule is COc1cccc(CCN(C(=O)C2=CC3C=CC=CC3OC2=O)C2C=C(C(=O)NCCO)C3c4ccccc4OC3C2)c1. The van der Waals surface area contributed by atoms with Crippen molar-refractivity contribution in [1.82, 2.24) is 10.2 Å². The first-order chi connectivity index (χ1) is 21.0. The number of benzene rings is 2. The van der Waals surface area contributed by atoms with Crippen LogP contribution in [0.4, 0.5) is 0 Å². The van der Waals surface area contributed by atoms with E-state index in [1.807, 2.05) is 72.8 Å². The van der Waals surface area contributed by atoms with Crippen LogP contribution in [0, 0.1) is 5.92 Å². The number of rotatable bonds is 9. The number of hydrogen-bond donors (Lipinski definition) is 2. The summed E-state index contributed by atoms with van der Waals surface area (Å²) in [5.41, 5.74) is 2.32. The fourth-order valence-corrected chi connectivity index (χ4v) is 6.28. The number of amides is 2. The molecule has 9 nitrogen and oxygen atoms in total. The minimum absolute atomic E-state index is 0.0238. The Hall–Kier alpha value is -4.63. The lowest BCUT2D eigenvalue weighted by Crippen LogP contribution is -2.49. The predicted octanol–water partition coefficient (Wildman–Crippen LogP) is 3.01. The molecule has 2 aromatic carbocycles. The number of para-hydroxylation sites is 1. The van der Waals surface area contributed by atoms with Crippen molar-refractivity contribution in [3.05, 3.63) is 107 Å². The number of hydrogen-bond acceptors (Lipinski definition) is 7. The molecule has 0 radical (unpaired) electrons. The molecule has 5 unspecified atom stereocenters. The van der Waals surface area contributed by atoms with Gasteiger partial charge in [0.05, 0.1) is 25.7 Å². The molecule has 5 atom stereocenters. The van der Waals surface area contributed by atoms with Crippen molar-refractivity contribution in [2.45, 2.75) is 37.0 Å². The van der Waals surface area contributed by atoms with Gasteiger partial charge in [0.15, 0.2) is 0 Å². The highest BCUT2D eigenvalue weighted by molar-refractivity contribution is 6.17. The van der Waals surface area contributed by atoms with Gasteiger partial charge >= 0.3 is 5.97 Å². The number of ether oxygens (including phenoxy) is 3. The standard InChI is InChI=1S/C34H34N2O7/c1-41-24-9-6-7-21(17-24)13-15-36(33(39)27-18-22-8-2-4-11-28(22)43-34(27)40)23-19-26(32(38)35-14-16-37)31-25-10-3-5-12-29(25)42-30(31)20-23/h2-12,17-19,22-23,28,30-31,37H,13-16,20H2,1H3,(H,35,38). The van der Waals surface area contributed by atoms with Crippen LogP contribution in [-0.4, -0.2) is 72.8 Å². The van der Waals surface area contributed by atoms with Gasteiger partial charge in [-0.1, -0.05) is 60.7 Å². The summed E-state index contributed by atoms with van der Waals surface area (Å²) in [7, 11) is 1.60. The molecular formula is C34H34N2O7. The van der Waals surface area contributed by atoms with Crippen LogP contribution in [0.1, 0.15) is 23.5 Å². The molecule has 0 saturated heterocycles. The Morgan fingerprint density at radius 1 is 1.07 bits per heavy atom. The summed E-state index contributed by atoms with van der Waals surface area (Å²) in [6.07, 6.45) is 11.0. The topological polar surface area (TPSA) is 114 Å². The second-order valence-corrected chi connectivity index (χ2v) is 11.0. The van der Waals surface area contributed by atoms with Gasteiger partial charge in [0.25, 0.3) is 5.91 Å². The van der Waals surface area contributed by atoms with E-state index >= 15 is 0 Å². The van der Waals surface area contributed by atoms with Crippen molar-refractivity contribution < 1.29 is 33.7 Å². The molecule has 222 valence electrons. The Morgan fingerprint density at radius 2 is 1.91 bits per heavy atom. The summed E-state index contributed by atoms with van der Waals surface area (Å²) in [4.78, 5) is 42.5. The quantitative estimate of drug-likeness (QED) is 0.345. The molecule has 2 aromatic rings. The number of methoxy groups -OCH3 is 1. The molecule has 4 aliphatic rings. The largest absolute Gasteiger partial charge is 0.497 e. The number of allylic oxidation sites excluding steroid dienone is 2. The molecular weight excluding hydrogens is 548 g/mol. The van der Waals surface area contributed by atoms with Crippen LogP contribution in [-0.2, 0) is 25.5 Å². The van der Waals surface area contributed by atoms with E-state index in [0.29, 0.717) is 29.9 Å². The molecule has 0 aromatic heterocycles. The lowest BCUT2D eigenvalue weighted by atomic mass is 9.79. The van der Waals surface area contributed by atoms with Gasteiger partial charge in [0.1, 0.15) is 29.3 Å². The second kappa shape index (κ2) is 12.3. The van der Waals surface area contributed by atoms with Crippen LogP contribution < -0.4 is 14.8 Å². The highest BCUT2D eigenvalue weighted by atomic mass is 16.5. The number of aliphatic hydroxyl groups is 1. The smallest absolute Gasteiger partial charge is 0.344 e. The van der Waals surface area contributed by atoms with Crippen molar-refractivity contribution in [3.63, 3.8) is 0 Å². The van der Waals surface area contributed by atoms with Gasteiger partial charge in [-0.05, 0) is 36.3 Å². The first-order valence-electron chi connectivity index (χ1n) is 14.5. The molecule has 0 fully saturated rings. The van der Waals surface area contributed by atoms with Crippen LogP contribution in [0.15, 0.2) is 96.1 Å². The van der Waals surface area contributed by atoms with Gasteiger partial charge < -0.3 is 29.5 Å². The fourth-order valence-electron chi connectivity index (χ4n) is 6.28. The Kier molecular flexibility index (Phi) is 8.16. The zero-order valence-corrected chi connectivity index (χ0v) is 23.8. The second-order valence-electron chi connectivity index (χ2n) is 11.0. The lowest BCUT2D eigenvalue weighted by molar-refractivity contribution is -0.148. The molecule has 0 bridgehead atoms. The Balaban J connectivity index is 1.36. The molecule has 0 saturated carbocycles. The van der Waals surface area contributed by atoms with E-state index in [-0.39, 0.29) is 43.0 Å². The minimum Gasteiger partial charge on any atom is -0.497 e. The van der Waals surface area contributed by atoms with E-state index in [1.54, 1.807) is 24.2 Å². The van der Waals surface area contributed by atoms with Crippen LogP contribution in [0.25, 0.3) is 0 Å². The van der Waals surface area contributed by atoms with Crippen LogP contribution >= 0.6 is 0 Å². The highest BCUT2D eigenvalue weighted by Gasteiger charge is 2.46. The maximum Gasteiger partial charge on any atom is 0.344 e. The Bertz CT molecular complexity index is 1540. The van der Waals surface area contributed by atoms with E-state index < -0.39 is 30.1 Å². The zero-order chi connectivity index (χ0) is 29.9. The zero-order valence-electron chi connectivity index (χ0n) is 23.8. The molecule has 6 rings (SSSR count). The first kappa shape index (κ1) is 28.5. The van der Waals surface area contributed by atoms with E-state index in [4.69, 9.17) is 14.2 Å². The van der Waals surface area contributed by atoms with Gasteiger partial charge in [-0.15, -0.1) is 0 Å². The summed E-state index contributed by atoms with van der Waals surface area (Å²) in [5, 5.41) is 12.1. The van der Waals surface area contributed by atoms with Crippen LogP contribution in [0.5, 0.6) is 11.5 Å². The van der Waals surface area contributed by atoms with Gasteiger partial charge in [0.2, 0.25) is 5.91 Å². The monoisotopic (exact) mass is 582 g/mol. The molecule has 2 N–H and O–H groups in total. The third-order valence-electron chi connectivity index (χ3n) is 8.36. The van der Waals surface area contributed by atoms with E-state index in [0.717, 1.165) is 11.1 Å². The number of carbonyl (C=O) groups excluding carboxylic acids is 3. The van der Waals surface area contributed by atoms with E-state index in [2.05, 4.69) is 5.32 Å². The first-order valence-corrected chi connectivity index (χ1v) is 14.5. The van der Waals surface area contributed by atoms with Crippen LogP contribution in [0.2, 0.25) is 0 Å². The number of nitrogens with zero attached hydrogens (tertiary/aromatic N) is 1. The summed E-state index contributed by atoms with van der Waals surface area (Å²) in [5.74, 6) is -0.596. The molecule has 2 heterocycles. The average Bonchev–Trinajstić information content (AvgIpc) is 3.41. The maximum atomic E-state index is 14.3. The summed E-state index contributed by atoms with van der Waals surface area (Å²) in [6, 6.07) is 14.7. The number of aliphatic hydroxyl groups excluding tert-OH is 1. The predicted molar refractivity (Wildman–Crippen MR) is 158 cm³/mol. The Morgan fingerprint density at radius 3 is 2.74 bits per heavy atom. The van der Waals surface area contributed by atoms with Gasteiger partial charge in [-0.2, -0.15) is 0 Å². The number of nitrogens with one attached hydrogen (secondary N) is 1. The van der Waals surface area contributed by atoms with E-state index in [9.17, 15) is 19.5 Å². The molecule has 0 spiro atoms. The fraction of sp³-hybridized carbons (Fsp3) is 0.324. The lowest BCUT2D eigenvalue weighted by Gasteiger charge is -2.38. The number of esters is 1. The van der Waals surface area contributed by atoms with Crippen molar-refractivity contribution in [3.8, 4) is 11.5 Å². The Labute approximate surface area is 250 Å². The van der Waals surface area contributed by atoms with Gasteiger partial charge in [-0.25, -0.2) is 4.79 Å². The highest BCUT2D eigenvalue weighted by Crippen LogP contribution is 2.47. The normalized spacial score (nSPS) is 24.8. The van der Waals surface area contributed by atoms with Crippen molar-refractivity contribution >= 4 is 17.8 Å². The molecule has 2 amide bonds.